The monoisotopic (exact) mass is 298 g/mol. The van der Waals surface area contributed by atoms with Gasteiger partial charge in [-0.3, -0.25) is 14.5 Å². The first-order valence-corrected chi connectivity index (χ1v) is 7.55. The fourth-order valence-electron chi connectivity index (χ4n) is 2.76. The van der Waals surface area contributed by atoms with E-state index >= 15 is 0 Å². The summed E-state index contributed by atoms with van der Waals surface area (Å²) in [7, 11) is 0. The average molecular weight is 298 g/mol. The zero-order valence-electron chi connectivity index (χ0n) is 12.9. The number of morpholine rings is 1. The van der Waals surface area contributed by atoms with Crippen LogP contribution in [-0.4, -0.2) is 79.1 Å². The fraction of sp³-hybridized carbons (Fsp3) is 0.857. The molecule has 2 amide bonds. The molecule has 120 valence electrons. The number of carbonyl (C=O) groups is 2. The maximum absolute atomic E-state index is 12.3. The van der Waals surface area contributed by atoms with Gasteiger partial charge >= 0.3 is 0 Å². The SMILES string of the molecule is CC(C)(C(N)=O)N1CCN(C(=O)CC2COCCN2)CC1. The van der Waals surface area contributed by atoms with E-state index < -0.39 is 5.54 Å². The molecule has 0 saturated carbocycles. The van der Waals surface area contributed by atoms with Crippen LogP contribution in [0.5, 0.6) is 0 Å². The number of ether oxygens (including phenoxy) is 1. The summed E-state index contributed by atoms with van der Waals surface area (Å²) in [6, 6.07) is 0.117. The Morgan fingerprint density at radius 1 is 1.29 bits per heavy atom. The van der Waals surface area contributed by atoms with E-state index in [4.69, 9.17) is 10.5 Å². The van der Waals surface area contributed by atoms with Gasteiger partial charge in [0.1, 0.15) is 0 Å². The van der Waals surface area contributed by atoms with Crippen LogP contribution in [-0.2, 0) is 14.3 Å². The van der Waals surface area contributed by atoms with Gasteiger partial charge in [0.2, 0.25) is 11.8 Å². The first-order valence-electron chi connectivity index (χ1n) is 7.55. The summed E-state index contributed by atoms with van der Waals surface area (Å²) in [5.74, 6) is -0.180. The third kappa shape index (κ3) is 3.93. The van der Waals surface area contributed by atoms with E-state index in [1.807, 2.05) is 23.6 Å². The predicted octanol–water partition coefficient (Wildman–Crippen LogP) is -1.23. The van der Waals surface area contributed by atoms with Gasteiger partial charge in [0.05, 0.1) is 18.8 Å². The summed E-state index contributed by atoms with van der Waals surface area (Å²) in [5.41, 5.74) is 4.78. The lowest BCUT2D eigenvalue weighted by Crippen LogP contribution is -2.60. The number of nitrogens with zero attached hydrogens (tertiary/aromatic N) is 2. The summed E-state index contributed by atoms with van der Waals surface area (Å²) in [4.78, 5) is 27.7. The molecule has 0 radical (unpaired) electrons. The van der Waals surface area contributed by atoms with Gasteiger partial charge in [0.15, 0.2) is 0 Å². The smallest absolute Gasteiger partial charge is 0.237 e. The van der Waals surface area contributed by atoms with E-state index in [0.29, 0.717) is 45.8 Å². The molecule has 1 unspecified atom stereocenters. The third-order valence-electron chi connectivity index (χ3n) is 4.45. The zero-order valence-corrected chi connectivity index (χ0v) is 12.9. The van der Waals surface area contributed by atoms with Gasteiger partial charge in [-0.15, -0.1) is 0 Å². The highest BCUT2D eigenvalue weighted by Gasteiger charge is 2.35. The van der Waals surface area contributed by atoms with Crippen LogP contribution in [0.2, 0.25) is 0 Å². The molecule has 0 aromatic rings. The van der Waals surface area contributed by atoms with Gasteiger partial charge in [-0.1, -0.05) is 0 Å². The minimum Gasteiger partial charge on any atom is -0.378 e. The Bertz CT molecular complexity index is 386. The van der Waals surface area contributed by atoms with Crippen LogP contribution in [0.15, 0.2) is 0 Å². The quantitative estimate of drug-likeness (QED) is 0.679. The molecule has 21 heavy (non-hydrogen) atoms. The van der Waals surface area contributed by atoms with Crippen LogP contribution < -0.4 is 11.1 Å². The zero-order chi connectivity index (χ0) is 15.5. The molecule has 0 bridgehead atoms. The number of hydrogen-bond donors (Lipinski definition) is 2. The number of nitrogens with two attached hydrogens (primary N) is 1. The second-order valence-corrected chi connectivity index (χ2v) is 6.22. The summed E-state index contributed by atoms with van der Waals surface area (Å²) in [6.07, 6.45) is 0.471. The van der Waals surface area contributed by atoms with Crippen LogP contribution in [0, 0.1) is 0 Å². The molecule has 3 N–H and O–H groups in total. The van der Waals surface area contributed by atoms with Gasteiger partial charge in [-0.2, -0.15) is 0 Å². The number of primary amides is 1. The number of hydrogen-bond acceptors (Lipinski definition) is 5. The molecule has 0 aliphatic carbocycles. The molecule has 2 aliphatic rings. The Balaban J connectivity index is 1.80. The van der Waals surface area contributed by atoms with Gasteiger partial charge in [-0.25, -0.2) is 0 Å². The normalized spacial score (nSPS) is 24.9. The molecule has 0 aromatic heterocycles. The van der Waals surface area contributed by atoms with E-state index in [2.05, 4.69) is 5.32 Å². The summed E-state index contributed by atoms with van der Waals surface area (Å²) in [5, 5.41) is 3.29. The highest BCUT2D eigenvalue weighted by Crippen LogP contribution is 2.17. The molecular weight excluding hydrogens is 272 g/mol. The molecule has 2 fully saturated rings. The fourth-order valence-corrected chi connectivity index (χ4v) is 2.76. The lowest BCUT2D eigenvalue weighted by Gasteiger charge is -2.42. The number of carbonyl (C=O) groups excluding carboxylic acids is 2. The first-order chi connectivity index (χ1) is 9.91. The number of amides is 2. The molecule has 1 atom stereocenters. The number of piperazine rings is 1. The van der Waals surface area contributed by atoms with Crippen molar-refractivity contribution in [2.45, 2.75) is 31.8 Å². The van der Waals surface area contributed by atoms with Crippen LogP contribution in [0.3, 0.4) is 0 Å². The lowest BCUT2D eigenvalue weighted by atomic mass is 10.0. The molecule has 7 nitrogen and oxygen atoms in total. The minimum atomic E-state index is -0.659. The molecule has 2 heterocycles. The number of nitrogens with one attached hydrogen (secondary N) is 1. The van der Waals surface area contributed by atoms with Crippen LogP contribution >= 0.6 is 0 Å². The predicted molar refractivity (Wildman–Crippen MR) is 78.7 cm³/mol. The van der Waals surface area contributed by atoms with Crippen molar-refractivity contribution in [2.24, 2.45) is 5.73 Å². The molecule has 0 spiro atoms. The second-order valence-electron chi connectivity index (χ2n) is 6.22. The largest absolute Gasteiger partial charge is 0.378 e. The topological polar surface area (TPSA) is 87.9 Å². The van der Waals surface area contributed by atoms with Crippen molar-refractivity contribution < 1.29 is 14.3 Å². The highest BCUT2D eigenvalue weighted by molar-refractivity contribution is 5.83. The van der Waals surface area contributed by atoms with Crippen molar-refractivity contribution >= 4 is 11.8 Å². The van der Waals surface area contributed by atoms with E-state index in [9.17, 15) is 9.59 Å². The van der Waals surface area contributed by atoms with Crippen LogP contribution in [0.4, 0.5) is 0 Å². The van der Waals surface area contributed by atoms with E-state index in [-0.39, 0.29) is 17.9 Å². The van der Waals surface area contributed by atoms with Crippen LogP contribution in [0.1, 0.15) is 20.3 Å². The Labute approximate surface area is 125 Å². The van der Waals surface area contributed by atoms with Crippen molar-refractivity contribution in [2.75, 3.05) is 45.9 Å². The maximum Gasteiger partial charge on any atom is 0.237 e. The molecule has 0 aromatic carbocycles. The van der Waals surface area contributed by atoms with Crippen molar-refractivity contribution in [3.63, 3.8) is 0 Å². The van der Waals surface area contributed by atoms with Crippen LogP contribution in [0.25, 0.3) is 0 Å². The first kappa shape index (κ1) is 16.2. The second kappa shape index (κ2) is 6.72. The Hall–Kier alpha value is -1.18. The van der Waals surface area contributed by atoms with Gasteiger partial charge < -0.3 is 20.7 Å². The average Bonchev–Trinajstić information content (AvgIpc) is 2.48. The Kier molecular flexibility index (Phi) is 5.18. The Morgan fingerprint density at radius 3 is 2.48 bits per heavy atom. The molecule has 2 rings (SSSR count). The lowest BCUT2D eigenvalue weighted by molar-refractivity contribution is -0.137. The van der Waals surface area contributed by atoms with Gasteiger partial charge in [-0.05, 0) is 13.8 Å². The number of rotatable bonds is 4. The maximum atomic E-state index is 12.3. The van der Waals surface area contributed by atoms with Crippen molar-refractivity contribution in [1.82, 2.24) is 15.1 Å². The van der Waals surface area contributed by atoms with Crippen molar-refractivity contribution in [3.8, 4) is 0 Å². The van der Waals surface area contributed by atoms with E-state index in [1.54, 1.807) is 0 Å². The van der Waals surface area contributed by atoms with E-state index in [1.165, 1.54) is 0 Å². The standard InChI is InChI=1S/C14H26N4O3/c1-14(2,13(15)20)18-6-4-17(5-7-18)12(19)9-11-10-21-8-3-16-11/h11,16H,3-10H2,1-2H3,(H2,15,20). The van der Waals surface area contributed by atoms with Crippen molar-refractivity contribution in [1.29, 1.82) is 0 Å². The third-order valence-corrected chi connectivity index (χ3v) is 4.45. The molecular formula is C14H26N4O3. The summed E-state index contributed by atoms with van der Waals surface area (Å²) < 4.78 is 5.37. The van der Waals surface area contributed by atoms with Gasteiger partial charge in [0.25, 0.3) is 0 Å². The summed E-state index contributed by atoms with van der Waals surface area (Å²) >= 11 is 0. The minimum absolute atomic E-state index is 0.117. The van der Waals surface area contributed by atoms with Gasteiger partial charge in [0, 0.05) is 45.2 Å². The molecule has 2 saturated heterocycles. The van der Waals surface area contributed by atoms with Crippen molar-refractivity contribution in [3.05, 3.63) is 0 Å². The van der Waals surface area contributed by atoms with E-state index in [0.717, 1.165) is 6.54 Å². The summed E-state index contributed by atoms with van der Waals surface area (Å²) in [6.45, 7) is 8.41. The molecule has 7 heteroatoms. The Morgan fingerprint density at radius 2 is 1.95 bits per heavy atom. The highest BCUT2D eigenvalue weighted by atomic mass is 16.5. The molecule has 2 aliphatic heterocycles.